The summed E-state index contributed by atoms with van der Waals surface area (Å²) in [5, 5.41) is 14.8. The van der Waals surface area contributed by atoms with Crippen LogP contribution in [0.1, 0.15) is 46.8 Å². The number of carbonyl (C=O) groups is 1. The molecule has 0 amide bonds. The normalized spacial score (nSPS) is 14.2. The average Bonchev–Trinajstić information content (AvgIpc) is 2.91. The average molecular weight is 401 g/mol. The van der Waals surface area contributed by atoms with Gasteiger partial charge in [0.25, 0.3) is 0 Å². The summed E-state index contributed by atoms with van der Waals surface area (Å²) in [4.78, 5) is 11.6. The molecule has 1 aliphatic rings. The highest BCUT2D eigenvalue weighted by Gasteiger charge is 2.24. The second kappa shape index (κ2) is 7.02. The van der Waals surface area contributed by atoms with Crippen molar-refractivity contribution in [2.75, 3.05) is 0 Å². The number of aromatic carboxylic acids is 1. The molecular weight excluding hydrogens is 383 g/mol. The van der Waals surface area contributed by atoms with E-state index in [0.717, 1.165) is 11.3 Å². The minimum Gasteiger partial charge on any atom is -0.476 e. The van der Waals surface area contributed by atoms with E-state index in [-0.39, 0.29) is 5.69 Å². The van der Waals surface area contributed by atoms with E-state index in [1.807, 2.05) is 12.1 Å². The van der Waals surface area contributed by atoms with Gasteiger partial charge >= 0.3 is 5.97 Å². The Kier molecular flexibility index (Phi) is 4.70. The van der Waals surface area contributed by atoms with Crippen LogP contribution in [0.5, 0.6) is 0 Å². The molecule has 1 N–H and O–H groups in total. The molecule has 4 rings (SSSR count). The molecule has 27 heavy (non-hydrogen) atoms. The van der Waals surface area contributed by atoms with Gasteiger partial charge in [0, 0.05) is 16.1 Å². The highest BCUT2D eigenvalue weighted by Crippen LogP contribution is 2.38. The molecule has 0 unspecified atom stereocenters. The van der Waals surface area contributed by atoms with Gasteiger partial charge in [-0.3, -0.25) is 0 Å². The Morgan fingerprint density at radius 3 is 2.41 bits per heavy atom. The topological polar surface area (TPSA) is 55.1 Å². The molecule has 0 radical (unpaired) electrons. The second-order valence-electron chi connectivity index (χ2n) is 6.88. The van der Waals surface area contributed by atoms with Gasteiger partial charge in [0.05, 0.1) is 16.4 Å². The van der Waals surface area contributed by atoms with Crippen molar-refractivity contribution in [1.29, 1.82) is 0 Å². The molecule has 2 aromatic carbocycles. The highest BCUT2D eigenvalue weighted by atomic mass is 35.5. The lowest BCUT2D eigenvalue weighted by Crippen LogP contribution is -2.08. The van der Waals surface area contributed by atoms with E-state index in [4.69, 9.17) is 23.2 Å². The quantitative estimate of drug-likeness (QED) is 0.573. The molecule has 4 nitrogen and oxygen atoms in total. The SMILES string of the molecule is Cc1c(C(=O)O)nn(-c2ccc(Cl)cc2Cl)c1-c1ccc(C2CCC2)cc1. The van der Waals surface area contributed by atoms with Crippen LogP contribution in [0, 0.1) is 6.92 Å². The number of hydrogen-bond donors (Lipinski definition) is 1. The first-order chi connectivity index (χ1) is 13.0. The van der Waals surface area contributed by atoms with Crippen molar-refractivity contribution in [2.24, 2.45) is 0 Å². The number of benzene rings is 2. The van der Waals surface area contributed by atoms with Crippen molar-refractivity contribution < 1.29 is 9.90 Å². The summed E-state index contributed by atoms with van der Waals surface area (Å²) in [5.74, 6) is -0.422. The van der Waals surface area contributed by atoms with Crippen molar-refractivity contribution >= 4 is 29.2 Å². The molecule has 0 aliphatic heterocycles. The van der Waals surface area contributed by atoms with Gasteiger partial charge in [0.2, 0.25) is 0 Å². The fourth-order valence-electron chi connectivity index (χ4n) is 3.52. The Bertz CT molecular complexity index is 1020. The molecular formula is C21H18Cl2N2O2. The zero-order valence-electron chi connectivity index (χ0n) is 14.7. The third kappa shape index (κ3) is 3.24. The van der Waals surface area contributed by atoms with E-state index in [0.29, 0.717) is 27.2 Å². The first-order valence-corrected chi connectivity index (χ1v) is 9.60. The lowest BCUT2D eigenvalue weighted by Gasteiger charge is -2.25. The van der Waals surface area contributed by atoms with E-state index < -0.39 is 5.97 Å². The van der Waals surface area contributed by atoms with Crippen molar-refractivity contribution in [3.8, 4) is 16.9 Å². The number of halogens is 2. The summed E-state index contributed by atoms with van der Waals surface area (Å²) in [6.07, 6.45) is 3.76. The number of hydrogen-bond acceptors (Lipinski definition) is 2. The number of aromatic nitrogens is 2. The first-order valence-electron chi connectivity index (χ1n) is 8.84. The molecule has 6 heteroatoms. The summed E-state index contributed by atoms with van der Waals surface area (Å²) in [7, 11) is 0. The molecule has 0 saturated heterocycles. The third-order valence-corrected chi connectivity index (χ3v) is 5.76. The maximum absolute atomic E-state index is 11.6. The molecule has 1 aromatic heterocycles. The second-order valence-corrected chi connectivity index (χ2v) is 7.73. The zero-order valence-corrected chi connectivity index (χ0v) is 16.3. The van der Waals surface area contributed by atoms with Crippen molar-refractivity contribution in [2.45, 2.75) is 32.1 Å². The first kappa shape index (κ1) is 18.1. The Balaban J connectivity index is 1.86. The van der Waals surface area contributed by atoms with Crippen LogP contribution in [0.3, 0.4) is 0 Å². The molecule has 138 valence electrons. The summed E-state index contributed by atoms with van der Waals surface area (Å²) in [6, 6.07) is 13.4. The van der Waals surface area contributed by atoms with Crippen LogP contribution < -0.4 is 0 Å². The highest BCUT2D eigenvalue weighted by molar-refractivity contribution is 6.35. The zero-order chi connectivity index (χ0) is 19.1. The number of carboxylic acid groups (broad SMARTS) is 1. The van der Waals surface area contributed by atoms with Crippen LogP contribution >= 0.6 is 23.2 Å². The molecule has 1 aliphatic carbocycles. The van der Waals surface area contributed by atoms with E-state index in [1.165, 1.54) is 24.8 Å². The summed E-state index contributed by atoms with van der Waals surface area (Å²) >= 11 is 12.4. The standard InChI is InChI=1S/C21H18Cl2N2O2/c1-12-19(21(26)27)24-25(18-10-9-16(22)11-17(18)23)20(12)15-7-5-14(6-8-15)13-3-2-4-13/h5-11,13H,2-4H2,1H3,(H,26,27). The Morgan fingerprint density at radius 2 is 1.85 bits per heavy atom. The molecule has 0 atom stereocenters. The lowest BCUT2D eigenvalue weighted by atomic mass is 9.80. The number of rotatable bonds is 4. The monoisotopic (exact) mass is 400 g/mol. The van der Waals surface area contributed by atoms with E-state index in [9.17, 15) is 9.90 Å². The minimum absolute atomic E-state index is 0.0130. The Morgan fingerprint density at radius 1 is 1.15 bits per heavy atom. The summed E-state index contributed by atoms with van der Waals surface area (Å²) in [5.41, 5.74) is 4.16. The maximum Gasteiger partial charge on any atom is 0.356 e. The maximum atomic E-state index is 11.6. The number of carboxylic acids is 1. The fourth-order valence-corrected chi connectivity index (χ4v) is 4.01. The molecule has 3 aromatic rings. The van der Waals surface area contributed by atoms with Crippen molar-refractivity contribution in [1.82, 2.24) is 9.78 Å². The van der Waals surface area contributed by atoms with Crippen LogP contribution in [0.15, 0.2) is 42.5 Å². The lowest BCUT2D eigenvalue weighted by molar-refractivity contribution is 0.0689. The van der Waals surface area contributed by atoms with Gasteiger partial charge in [-0.05, 0) is 49.4 Å². The molecule has 0 bridgehead atoms. The molecule has 1 saturated carbocycles. The molecule has 1 fully saturated rings. The van der Waals surface area contributed by atoms with Crippen LogP contribution in [0.25, 0.3) is 16.9 Å². The van der Waals surface area contributed by atoms with Gasteiger partial charge < -0.3 is 5.11 Å². The summed E-state index contributed by atoms with van der Waals surface area (Å²) < 4.78 is 1.59. The molecule has 0 spiro atoms. The number of nitrogens with zero attached hydrogens (tertiary/aromatic N) is 2. The van der Waals surface area contributed by atoms with E-state index in [1.54, 1.807) is 29.8 Å². The Labute approximate surface area is 167 Å². The predicted octanol–water partition coefficient (Wildman–Crippen LogP) is 6.12. The van der Waals surface area contributed by atoms with Gasteiger partial charge in [-0.2, -0.15) is 5.10 Å². The smallest absolute Gasteiger partial charge is 0.356 e. The summed E-state index contributed by atoms with van der Waals surface area (Å²) in [6.45, 7) is 1.77. The van der Waals surface area contributed by atoms with Crippen LogP contribution in [-0.2, 0) is 0 Å². The third-order valence-electron chi connectivity index (χ3n) is 5.22. The van der Waals surface area contributed by atoms with E-state index in [2.05, 4.69) is 17.2 Å². The fraction of sp³-hybridized carbons (Fsp3) is 0.238. The Hall–Kier alpha value is -2.30. The van der Waals surface area contributed by atoms with Gasteiger partial charge in [0.15, 0.2) is 5.69 Å². The largest absolute Gasteiger partial charge is 0.476 e. The molecule has 1 heterocycles. The van der Waals surface area contributed by atoms with Gasteiger partial charge in [-0.15, -0.1) is 0 Å². The van der Waals surface area contributed by atoms with Crippen LogP contribution in [-0.4, -0.2) is 20.9 Å². The van der Waals surface area contributed by atoms with Crippen LogP contribution in [0.4, 0.5) is 0 Å². The van der Waals surface area contributed by atoms with Crippen molar-refractivity contribution in [3.05, 3.63) is 69.3 Å². The van der Waals surface area contributed by atoms with Crippen LogP contribution in [0.2, 0.25) is 10.0 Å². The van der Waals surface area contributed by atoms with Gasteiger partial charge in [-0.1, -0.05) is 53.9 Å². The van der Waals surface area contributed by atoms with E-state index >= 15 is 0 Å². The van der Waals surface area contributed by atoms with Crippen molar-refractivity contribution in [3.63, 3.8) is 0 Å². The van der Waals surface area contributed by atoms with Gasteiger partial charge in [-0.25, -0.2) is 9.48 Å². The predicted molar refractivity (Wildman–Crippen MR) is 107 cm³/mol. The minimum atomic E-state index is -1.07. The van der Waals surface area contributed by atoms with Gasteiger partial charge in [0.1, 0.15) is 0 Å².